The molecule has 0 spiro atoms. The molecule has 4 nitrogen and oxygen atoms in total. The lowest BCUT2D eigenvalue weighted by Gasteiger charge is -2.01. The number of nitrogens with zero attached hydrogens (tertiary/aromatic N) is 1. The molecule has 0 aliphatic rings. The van der Waals surface area contributed by atoms with Crippen LogP contribution in [0.2, 0.25) is 5.02 Å². The van der Waals surface area contributed by atoms with Crippen molar-refractivity contribution >= 4 is 23.5 Å². The van der Waals surface area contributed by atoms with E-state index in [2.05, 4.69) is 10.3 Å². The number of oxazole rings is 1. The molecule has 2 aromatic carbocycles. The van der Waals surface area contributed by atoms with Gasteiger partial charge < -0.3 is 4.42 Å². The van der Waals surface area contributed by atoms with Crippen LogP contribution in [-0.4, -0.2) is 10.9 Å². The summed E-state index contributed by atoms with van der Waals surface area (Å²) in [7, 11) is 0. The van der Waals surface area contributed by atoms with Gasteiger partial charge in [0.25, 0.3) is 5.91 Å². The van der Waals surface area contributed by atoms with E-state index in [1.165, 1.54) is 0 Å². The van der Waals surface area contributed by atoms with Crippen LogP contribution in [0.1, 0.15) is 21.7 Å². The third kappa shape index (κ3) is 3.35. The highest BCUT2D eigenvalue weighted by Crippen LogP contribution is 2.20. The molecule has 1 N–H and O–H groups in total. The zero-order valence-electron chi connectivity index (χ0n) is 11.6. The molecule has 0 fully saturated rings. The molecule has 1 amide bonds. The molecule has 22 heavy (non-hydrogen) atoms. The van der Waals surface area contributed by atoms with E-state index in [0.717, 1.165) is 5.56 Å². The van der Waals surface area contributed by atoms with Gasteiger partial charge in [-0.1, -0.05) is 48.0 Å². The van der Waals surface area contributed by atoms with Crippen molar-refractivity contribution in [3.8, 4) is 0 Å². The Morgan fingerprint density at radius 1 is 1.09 bits per heavy atom. The van der Waals surface area contributed by atoms with Crippen LogP contribution >= 0.6 is 11.6 Å². The minimum atomic E-state index is -0.258. The fourth-order valence-corrected chi connectivity index (χ4v) is 2.24. The number of halogens is 1. The molecule has 5 heteroatoms. The van der Waals surface area contributed by atoms with Gasteiger partial charge in [0.05, 0.1) is 6.20 Å². The number of nitrogens with one attached hydrogen (secondary N) is 1. The van der Waals surface area contributed by atoms with Crippen LogP contribution in [0.15, 0.2) is 65.2 Å². The minimum Gasteiger partial charge on any atom is -0.428 e. The number of anilines is 1. The van der Waals surface area contributed by atoms with E-state index < -0.39 is 0 Å². The molecule has 3 aromatic rings. The van der Waals surface area contributed by atoms with Gasteiger partial charge >= 0.3 is 6.01 Å². The molecule has 0 unspecified atom stereocenters. The van der Waals surface area contributed by atoms with E-state index in [1.807, 2.05) is 30.3 Å². The highest BCUT2D eigenvalue weighted by Gasteiger charge is 2.11. The second-order valence-corrected chi connectivity index (χ2v) is 5.13. The average Bonchev–Trinajstić information content (AvgIpc) is 2.97. The number of carbonyl (C=O) groups excluding carboxylic acids is 1. The van der Waals surface area contributed by atoms with Crippen molar-refractivity contribution in [2.75, 3.05) is 5.32 Å². The van der Waals surface area contributed by atoms with Gasteiger partial charge in [0.1, 0.15) is 5.76 Å². The Bertz CT molecular complexity index is 784. The number of rotatable bonds is 4. The highest BCUT2D eigenvalue weighted by molar-refractivity contribution is 6.31. The van der Waals surface area contributed by atoms with Crippen LogP contribution in [0.4, 0.5) is 6.01 Å². The molecule has 0 aliphatic heterocycles. The molecular weight excluding hydrogens is 300 g/mol. The summed E-state index contributed by atoms with van der Waals surface area (Å²) >= 11 is 6.11. The Morgan fingerprint density at radius 3 is 2.59 bits per heavy atom. The predicted octanol–water partition coefficient (Wildman–Crippen LogP) is 4.17. The van der Waals surface area contributed by atoms with Gasteiger partial charge in [0, 0.05) is 17.0 Å². The lowest BCUT2D eigenvalue weighted by Crippen LogP contribution is -2.11. The van der Waals surface area contributed by atoms with E-state index in [-0.39, 0.29) is 11.9 Å². The highest BCUT2D eigenvalue weighted by atomic mass is 35.5. The van der Waals surface area contributed by atoms with Crippen molar-refractivity contribution in [3.63, 3.8) is 0 Å². The number of amides is 1. The molecule has 3 rings (SSSR count). The Balaban J connectivity index is 1.69. The second kappa shape index (κ2) is 6.45. The molecule has 110 valence electrons. The number of carbonyl (C=O) groups is 1. The van der Waals surface area contributed by atoms with E-state index >= 15 is 0 Å². The van der Waals surface area contributed by atoms with E-state index in [4.69, 9.17) is 16.0 Å². The molecular formula is C17H13ClN2O2. The number of benzene rings is 2. The minimum absolute atomic E-state index is 0.177. The van der Waals surface area contributed by atoms with E-state index in [0.29, 0.717) is 22.8 Å². The Kier molecular flexibility index (Phi) is 4.21. The van der Waals surface area contributed by atoms with Gasteiger partial charge in [0.2, 0.25) is 0 Å². The summed E-state index contributed by atoms with van der Waals surface area (Å²) in [5.74, 6) is 0.378. The second-order valence-electron chi connectivity index (χ2n) is 4.72. The Labute approximate surface area is 132 Å². The fraction of sp³-hybridized carbons (Fsp3) is 0.0588. The predicted molar refractivity (Wildman–Crippen MR) is 85.2 cm³/mol. The van der Waals surface area contributed by atoms with Gasteiger partial charge in [0.15, 0.2) is 0 Å². The largest absolute Gasteiger partial charge is 0.428 e. The Hall–Kier alpha value is -2.59. The van der Waals surface area contributed by atoms with Gasteiger partial charge in [-0.05, 0) is 23.8 Å². The maximum absolute atomic E-state index is 12.0. The lowest BCUT2D eigenvalue weighted by molar-refractivity contribution is 0.102. The number of hydrogen-bond donors (Lipinski definition) is 1. The normalized spacial score (nSPS) is 10.4. The smallest absolute Gasteiger partial charge is 0.301 e. The van der Waals surface area contributed by atoms with Crippen LogP contribution < -0.4 is 5.32 Å². The summed E-state index contributed by atoms with van der Waals surface area (Å²) < 4.78 is 5.53. The van der Waals surface area contributed by atoms with Crippen LogP contribution in [0.25, 0.3) is 0 Å². The third-order valence-corrected chi connectivity index (χ3v) is 3.50. The first-order valence-corrected chi connectivity index (χ1v) is 7.14. The van der Waals surface area contributed by atoms with E-state index in [9.17, 15) is 4.79 Å². The van der Waals surface area contributed by atoms with Crippen molar-refractivity contribution in [2.45, 2.75) is 6.42 Å². The van der Waals surface area contributed by atoms with Crippen molar-refractivity contribution in [2.24, 2.45) is 0 Å². The molecule has 1 heterocycles. The summed E-state index contributed by atoms with van der Waals surface area (Å²) in [4.78, 5) is 16.1. The van der Waals surface area contributed by atoms with Crippen molar-refractivity contribution in [1.29, 1.82) is 0 Å². The van der Waals surface area contributed by atoms with Crippen LogP contribution in [0.3, 0.4) is 0 Å². The van der Waals surface area contributed by atoms with Crippen molar-refractivity contribution in [3.05, 3.63) is 82.7 Å². The summed E-state index contributed by atoms with van der Waals surface area (Å²) in [6.45, 7) is 0. The first-order chi connectivity index (χ1) is 10.7. The maximum atomic E-state index is 12.0. The monoisotopic (exact) mass is 312 g/mol. The molecule has 0 atom stereocenters. The summed E-state index contributed by atoms with van der Waals surface area (Å²) in [6, 6.07) is 16.6. The van der Waals surface area contributed by atoms with Crippen LogP contribution in [0, 0.1) is 0 Å². The number of aromatic nitrogens is 1. The summed E-state index contributed by atoms with van der Waals surface area (Å²) in [5, 5.41) is 3.30. The van der Waals surface area contributed by atoms with Gasteiger partial charge in [-0.2, -0.15) is 0 Å². The molecule has 0 radical (unpaired) electrons. The maximum Gasteiger partial charge on any atom is 0.301 e. The average molecular weight is 313 g/mol. The third-order valence-electron chi connectivity index (χ3n) is 3.13. The van der Waals surface area contributed by atoms with Crippen LogP contribution in [-0.2, 0) is 6.42 Å². The number of hydrogen-bond acceptors (Lipinski definition) is 3. The van der Waals surface area contributed by atoms with Gasteiger partial charge in [-0.15, -0.1) is 0 Å². The van der Waals surface area contributed by atoms with E-state index in [1.54, 1.807) is 30.5 Å². The van der Waals surface area contributed by atoms with Crippen molar-refractivity contribution < 1.29 is 9.21 Å². The molecule has 0 saturated heterocycles. The molecule has 0 aliphatic carbocycles. The molecule has 0 saturated carbocycles. The van der Waals surface area contributed by atoms with Gasteiger partial charge in [-0.25, -0.2) is 4.98 Å². The standard InChI is InChI=1S/C17H13ClN2O2/c18-15-9-5-4-8-13(15)10-14-11-19-17(22-14)20-16(21)12-6-2-1-3-7-12/h1-9,11H,10H2,(H,19,20,21). The summed E-state index contributed by atoms with van der Waals surface area (Å²) in [5.41, 5.74) is 1.50. The first-order valence-electron chi connectivity index (χ1n) is 6.77. The molecule has 0 bridgehead atoms. The summed E-state index contributed by atoms with van der Waals surface area (Å²) in [6.07, 6.45) is 2.11. The SMILES string of the molecule is O=C(Nc1ncc(Cc2ccccc2Cl)o1)c1ccccc1. The lowest BCUT2D eigenvalue weighted by atomic mass is 10.1. The first kappa shape index (κ1) is 14.4. The topological polar surface area (TPSA) is 55.1 Å². The van der Waals surface area contributed by atoms with Crippen molar-refractivity contribution in [1.82, 2.24) is 4.98 Å². The zero-order chi connectivity index (χ0) is 15.4. The molecule has 1 aromatic heterocycles. The zero-order valence-corrected chi connectivity index (χ0v) is 12.4. The van der Waals surface area contributed by atoms with Gasteiger partial charge in [-0.3, -0.25) is 10.1 Å². The fourth-order valence-electron chi connectivity index (χ4n) is 2.04. The Morgan fingerprint density at radius 2 is 1.82 bits per heavy atom. The quantitative estimate of drug-likeness (QED) is 0.786. The van der Waals surface area contributed by atoms with Crippen LogP contribution in [0.5, 0.6) is 0 Å².